The Kier molecular flexibility index (Phi) is 6.53. The summed E-state index contributed by atoms with van der Waals surface area (Å²) < 4.78 is 0. The molecule has 0 radical (unpaired) electrons. The van der Waals surface area contributed by atoms with Gasteiger partial charge < -0.3 is 10.2 Å². The lowest BCUT2D eigenvalue weighted by molar-refractivity contribution is 0.159. The normalized spacial score (nSPS) is 20.4. The van der Waals surface area contributed by atoms with Gasteiger partial charge in [0.05, 0.1) is 0 Å². The molecule has 21 heavy (non-hydrogen) atoms. The van der Waals surface area contributed by atoms with Crippen molar-refractivity contribution in [3.8, 4) is 0 Å². The zero-order valence-electron chi connectivity index (χ0n) is 13.6. The lowest BCUT2D eigenvalue weighted by Crippen LogP contribution is -2.42. The molecular formula is C18H29ClN2. The maximum absolute atomic E-state index is 6.09. The molecule has 0 aromatic heterocycles. The molecule has 2 nitrogen and oxygen atoms in total. The zero-order chi connectivity index (χ0) is 15.2. The Morgan fingerprint density at radius 1 is 1.29 bits per heavy atom. The van der Waals surface area contributed by atoms with Crippen LogP contribution >= 0.6 is 11.6 Å². The molecule has 1 aromatic rings. The van der Waals surface area contributed by atoms with Crippen molar-refractivity contribution in [3.63, 3.8) is 0 Å². The minimum absolute atomic E-state index is 0.354. The first kappa shape index (κ1) is 16.8. The Morgan fingerprint density at radius 2 is 2.00 bits per heavy atom. The van der Waals surface area contributed by atoms with Crippen LogP contribution in [-0.4, -0.2) is 30.6 Å². The van der Waals surface area contributed by atoms with Gasteiger partial charge in [-0.1, -0.05) is 30.7 Å². The number of rotatable bonds is 6. The molecule has 0 bridgehead atoms. The largest absolute Gasteiger partial charge is 0.307 e. The van der Waals surface area contributed by atoms with Gasteiger partial charge in [0, 0.05) is 17.1 Å². The molecule has 1 aromatic carbocycles. The highest BCUT2D eigenvalue weighted by molar-refractivity contribution is 6.30. The first-order valence-electron chi connectivity index (χ1n) is 8.34. The van der Waals surface area contributed by atoms with Crippen LogP contribution in [0.4, 0.5) is 0 Å². The summed E-state index contributed by atoms with van der Waals surface area (Å²) in [6, 6.07) is 9.10. The fourth-order valence-corrected chi connectivity index (χ4v) is 3.59. The summed E-state index contributed by atoms with van der Waals surface area (Å²) in [5.41, 5.74) is 1.28. The predicted octanol–water partition coefficient (Wildman–Crippen LogP) is 4.50. The number of piperidine rings is 1. The van der Waals surface area contributed by atoms with Gasteiger partial charge >= 0.3 is 0 Å². The Morgan fingerprint density at radius 3 is 2.62 bits per heavy atom. The van der Waals surface area contributed by atoms with Crippen LogP contribution in [0, 0.1) is 5.92 Å². The average molecular weight is 309 g/mol. The van der Waals surface area contributed by atoms with E-state index >= 15 is 0 Å². The lowest BCUT2D eigenvalue weighted by Gasteiger charge is -2.36. The van der Waals surface area contributed by atoms with Gasteiger partial charge in [-0.3, -0.25) is 0 Å². The molecule has 1 fully saturated rings. The van der Waals surface area contributed by atoms with Crippen LogP contribution in [0.15, 0.2) is 24.3 Å². The van der Waals surface area contributed by atoms with Crippen molar-refractivity contribution in [2.24, 2.45) is 5.92 Å². The van der Waals surface area contributed by atoms with E-state index < -0.39 is 0 Å². The fourth-order valence-electron chi connectivity index (χ4n) is 3.40. The Hall–Kier alpha value is -0.570. The molecule has 3 heteroatoms. The van der Waals surface area contributed by atoms with Crippen molar-refractivity contribution in [2.45, 2.75) is 52.1 Å². The minimum Gasteiger partial charge on any atom is -0.307 e. The SMILES string of the molecule is CCCN1CCC(C(C)NC(C)c2cccc(Cl)c2)CC1. The third-order valence-electron chi connectivity index (χ3n) is 4.74. The van der Waals surface area contributed by atoms with Crippen LogP contribution in [0.2, 0.25) is 5.02 Å². The quantitative estimate of drug-likeness (QED) is 0.832. The number of hydrogen-bond acceptors (Lipinski definition) is 2. The second kappa shape index (κ2) is 8.17. The number of likely N-dealkylation sites (tertiary alicyclic amines) is 1. The highest BCUT2D eigenvalue weighted by Gasteiger charge is 2.24. The second-order valence-corrected chi connectivity index (χ2v) is 6.85. The monoisotopic (exact) mass is 308 g/mol. The summed E-state index contributed by atoms with van der Waals surface area (Å²) in [7, 11) is 0. The molecule has 2 unspecified atom stereocenters. The molecule has 1 N–H and O–H groups in total. The van der Waals surface area contributed by atoms with Crippen molar-refractivity contribution in [1.82, 2.24) is 10.2 Å². The molecule has 1 heterocycles. The van der Waals surface area contributed by atoms with E-state index in [2.05, 4.69) is 43.1 Å². The van der Waals surface area contributed by atoms with Crippen molar-refractivity contribution in [1.29, 1.82) is 0 Å². The zero-order valence-corrected chi connectivity index (χ0v) is 14.4. The standard InChI is InChI=1S/C18H29ClN2/c1-4-10-21-11-8-16(9-12-21)14(2)20-15(3)17-6-5-7-18(19)13-17/h5-7,13-16,20H,4,8-12H2,1-3H3. The molecule has 118 valence electrons. The van der Waals surface area contributed by atoms with Gasteiger partial charge in [0.1, 0.15) is 0 Å². The molecule has 2 atom stereocenters. The third kappa shape index (κ3) is 4.98. The summed E-state index contributed by atoms with van der Waals surface area (Å²) in [6.45, 7) is 10.6. The predicted molar refractivity (Wildman–Crippen MR) is 91.9 cm³/mol. The number of nitrogens with zero attached hydrogens (tertiary/aromatic N) is 1. The minimum atomic E-state index is 0.354. The van der Waals surface area contributed by atoms with Crippen molar-refractivity contribution in [2.75, 3.05) is 19.6 Å². The fraction of sp³-hybridized carbons (Fsp3) is 0.667. The van der Waals surface area contributed by atoms with E-state index in [0.29, 0.717) is 12.1 Å². The van der Waals surface area contributed by atoms with E-state index in [4.69, 9.17) is 11.6 Å². The summed E-state index contributed by atoms with van der Waals surface area (Å²) >= 11 is 6.09. The Labute approximate surface area is 134 Å². The topological polar surface area (TPSA) is 15.3 Å². The van der Waals surface area contributed by atoms with Crippen LogP contribution in [0.1, 0.15) is 51.6 Å². The van der Waals surface area contributed by atoms with Crippen molar-refractivity contribution < 1.29 is 0 Å². The maximum Gasteiger partial charge on any atom is 0.0409 e. The van der Waals surface area contributed by atoms with E-state index in [1.54, 1.807) is 0 Å². The van der Waals surface area contributed by atoms with Crippen LogP contribution in [0.5, 0.6) is 0 Å². The van der Waals surface area contributed by atoms with E-state index in [1.807, 2.05) is 12.1 Å². The molecule has 0 spiro atoms. The van der Waals surface area contributed by atoms with Crippen LogP contribution in [0.25, 0.3) is 0 Å². The molecule has 1 aliphatic rings. The smallest absolute Gasteiger partial charge is 0.0409 e. The Balaban J connectivity index is 1.83. The van der Waals surface area contributed by atoms with Gasteiger partial charge in [0.15, 0.2) is 0 Å². The van der Waals surface area contributed by atoms with E-state index in [0.717, 1.165) is 10.9 Å². The van der Waals surface area contributed by atoms with E-state index in [1.165, 1.54) is 44.5 Å². The van der Waals surface area contributed by atoms with Crippen molar-refractivity contribution in [3.05, 3.63) is 34.9 Å². The van der Waals surface area contributed by atoms with Crippen LogP contribution < -0.4 is 5.32 Å². The van der Waals surface area contributed by atoms with Gasteiger partial charge in [-0.05, 0) is 76.4 Å². The van der Waals surface area contributed by atoms with Crippen LogP contribution in [0.3, 0.4) is 0 Å². The number of hydrogen-bond donors (Lipinski definition) is 1. The van der Waals surface area contributed by atoms with Gasteiger partial charge in [-0.15, -0.1) is 0 Å². The molecular weight excluding hydrogens is 280 g/mol. The lowest BCUT2D eigenvalue weighted by atomic mass is 9.89. The summed E-state index contributed by atoms with van der Waals surface area (Å²) in [5, 5.41) is 4.58. The van der Waals surface area contributed by atoms with E-state index in [9.17, 15) is 0 Å². The third-order valence-corrected chi connectivity index (χ3v) is 4.98. The molecule has 0 saturated carbocycles. The van der Waals surface area contributed by atoms with E-state index in [-0.39, 0.29) is 0 Å². The highest BCUT2D eigenvalue weighted by atomic mass is 35.5. The summed E-state index contributed by atoms with van der Waals surface area (Å²) in [4.78, 5) is 2.60. The number of benzene rings is 1. The molecule has 0 amide bonds. The second-order valence-electron chi connectivity index (χ2n) is 6.41. The summed E-state index contributed by atoms with van der Waals surface area (Å²) in [5.74, 6) is 0.791. The highest BCUT2D eigenvalue weighted by Crippen LogP contribution is 2.24. The first-order chi connectivity index (χ1) is 10.1. The summed E-state index contributed by atoms with van der Waals surface area (Å²) in [6.07, 6.45) is 3.90. The number of halogens is 1. The number of nitrogens with one attached hydrogen (secondary N) is 1. The van der Waals surface area contributed by atoms with Gasteiger partial charge in [0.2, 0.25) is 0 Å². The molecule has 1 saturated heterocycles. The molecule has 0 aliphatic carbocycles. The van der Waals surface area contributed by atoms with Crippen molar-refractivity contribution >= 4 is 11.6 Å². The maximum atomic E-state index is 6.09. The molecule has 2 rings (SSSR count). The van der Waals surface area contributed by atoms with Crippen LogP contribution in [-0.2, 0) is 0 Å². The Bertz CT molecular complexity index is 427. The average Bonchev–Trinajstić information content (AvgIpc) is 2.48. The van der Waals surface area contributed by atoms with Gasteiger partial charge in [-0.25, -0.2) is 0 Å². The van der Waals surface area contributed by atoms with Gasteiger partial charge in [0.25, 0.3) is 0 Å². The van der Waals surface area contributed by atoms with Gasteiger partial charge in [-0.2, -0.15) is 0 Å². The first-order valence-corrected chi connectivity index (χ1v) is 8.71. The molecule has 1 aliphatic heterocycles.